The lowest BCUT2D eigenvalue weighted by atomic mass is 10.1. The highest BCUT2D eigenvalue weighted by atomic mass is 35.5. The van der Waals surface area contributed by atoms with Crippen molar-refractivity contribution in [3.63, 3.8) is 0 Å². The quantitative estimate of drug-likeness (QED) is 0.740. The van der Waals surface area contributed by atoms with Crippen LogP contribution in [-0.4, -0.2) is 16.5 Å². The normalized spacial score (nSPS) is 10.5. The maximum absolute atomic E-state index is 9.08. The molecule has 0 unspecified atom stereocenters. The van der Waals surface area contributed by atoms with Gasteiger partial charge in [-0.15, -0.1) is 0 Å². The van der Waals surface area contributed by atoms with Gasteiger partial charge in [-0.25, -0.2) is 4.98 Å². The van der Waals surface area contributed by atoms with E-state index in [9.17, 15) is 0 Å². The van der Waals surface area contributed by atoms with E-state index in [-0.39, 0.29) is 6.42 Å². The molecule has 3 aromatic rings. The molecule has 0 aliphatic heterocycles. The zero-order valence-corrected chi connectivity index (χ0v) is 12.1. The van der Waals surface area contributed by atoms with Gasteiger partial charge < -0.3 is 9.14 Å². The van der Waals surface area contributed by atoms with Gasteiger partial charge in [0.15, 0.2) is 0 Å². The van der Waals surface area contributed by atoms with Gasteiger partial charge in [0.05, 0.1) is 31.0 Å². The Morgan fingerprint density at radius 3 is 2.95 bits per heavy atom. The lowest BCUT2D eigenvalue weighted by Crippen LogP contribution is -1.93. The van der Waals surface area contributed by atoms with Crippen molar-refractivity contribution in [3.05, 3.63) is 53.3 Å². The highest BCUT2D eigenvalue weighted by Crippen LogP contribution is 2.28. The number of nitriles is 1. The third-order valence-corrected chi connectivity index (χ3v) is 3.51. The Morgan fingerprint density at radius 2 is 2.19 bits per heavy atom. The van der Waals surface area contributed by atoms with Crippen LogP contribution in [0.25, 0.3) is 16.9 Å². The molecule has 104 valence electrons. The van der Waals surface area contributed by atoms with E-state index < -0.39 is 0 Å². The minimum atomic E-state index is 0.273. The predicted octanol–water partition coefficient (Wildman–Crippen LogP) is 3.73. The molecule has 0 saturated heterocycles. The summed E-state index contributed by atoms with van der Waals surface area (Å²) in [5.41, 5.74) is 3.26. The molecule has 1 aromatic carbocycles. The van der Waals surface area contributed by atoms with Gasteiger partial charge in [-0.1, -0.05) is 23.7 Å². The number of pyridine rings is 1. The summed E-state index contributed by atoms with van der Waals surface area (Å²) in [6, 6.07) is 13.4. The number of benzene rings is 1. The first-order valence-electron chi connectivity index (χ1n) is 6.41. The predicted molar refractivity (Wildman–Crippen MR) is 81.5 cm³/mol. The molecule has 21 heavy (non-hydrogen) atoms. The summed E-state index contributed by atoms with van der Waals surface area (Å²) < 4.78 is 7.14. The SMILES string of the molecule is COc1cccc(-c2nc3cc(Cl)ccn3c2CC#N)c1. The first kappa shape index (κ1) is 13.5. The van der Waals surface area contributed by atoms with E-state index in [1.165, 1.54) is 0 Å². The van der Waals surface area contributed by atoms with Crippen molar-refractivity contribution in [2.75, 3.05) is 7.11 Å². The summed E-state index contributed by atoms with van der Waals surface area (Å²) in [7, 11) is 1.62. The highest BCUT2D eigenvalue weighted by Gasteiger charge is 2.14. The minimum Gasteiger partial charge on any atom is -0.497 e. The number of ether oxygens (including phenoxy) is 1. The molecule has 0 aliphatic rings. The molecule has 3 rings (SSSR count). The maximum atomic E-state index is 9.08. The molecule has 0 atom stereocenters. The van der Waals surface area contributed by atoms with E-state index in [1.54, 1.807) is 19.2 Å². The molecular formula is C16H12ClN3O. The summed E-state index contributed by atoms with van der Waals surface area (Å²) in [6.07, 6.45) is 2.11. The second kappa shape index (κ2) is 5.47. The van der Waals surface area contributed by atoms with Gasteiger partial charge in [-0.05, 0) is 18.2 Å². The van der Waals surface area contributed by atoms with E-state index >= 15 is 0 Å². The van der Waals surface area contributed by atoms with Gasteiger partial charge in [-0.2, -0.15) is 5.26 Å². The third kappa shape index (κ3) is 2.44. The molecule has 0 amide bonds. The van der Waals surface area contributed by atoms with Crippen molar-refractivity contribution in [1.82, 2.24) is 9.38 Å². The zero-order valence-electron chi connectivity index (χ0n) is 11.4. The van der Waals surface area contributed by atoms with Gasteiger partial charge in [0, 0.05) is 22.8 Å². The average Bonchev–Trinajstić information content (AvgIpc) is 2.85. The van der Waals surface area contributed by atoms with Crippen LogP contribution in [-0.2, 0) is 6.42 Å². The average molecular weight is 298 g/mol. The molecule has 0 N–H and O–H groups in total. The second-order valence-electron chi connectivity index (χ2n) is 4.55. The maximum Gasteiger partial charge on any atom is 0.139 e. The molecule has 0 fully saturated rings. The Hall–Kier alpha value is -2.51. The Bertz CT molecular complexity index is 848. The molecule has 0 saturated carbocycles. The molecule has 0 radical (unpaired) electrons. The molecule has 2 heterocycles. The van der Waals surface area contributed by atoms with Crippen LogP contribution in [0.2, 0.25) is 5.02 Å². The number of nitrogens with zero attached hydrogens (tertiary/aromatic N) is 3. The Kier molecular flexibility index (Phi) is 3.51. The molecule has 0 spiro atoms. The fraction of sp³-hybridized carbons (Fsp3) is 0.125. The van der Waals surface area contributed by atoms with Crippen molar-refractivity contribution in [2.45, 2.75) is 6.42 Å². The van der Waals surface area contributed by atoms with Gasteiger partial charge in [0.1, 0.15) is 11.4 Å². The van der Waals surface area contributed by atoms with Crippen LogP contribution in [0.15, 0.2) is 42.6 Å². The van der Waals surface area contributed by atoms with Gasteiger partial charge >= 0.3 is 0 Å². The molecule has 0 bridgehead atoms. The molecular weight excluding hydrogens is 286 g/mol. The Labute approximate surface area is 127 Å². The fourth-order valence-corrected chi connectivity index (χ4v) is 2.47. The van der Waals surface area contributed by atoms with E-state index in [2.05, 4.69) is 11.1 Å². The van der Waals surface area contributed by atoms with E-state index in [0.29, 0.717) is 5.02 Å². The van der Waals surface area contributed by atoms with E-state index in [0.717, 1.165) is 28.3 Å². The van der Waals surface area contributed by atoms with Crippen molar-refractivity contribution >= 4 is 17.2 Å². The van der Waals surface area contributed by atoms with E-state index in [4.69, 9.17) is 21.6 Å². The standard InChI is InChI=1S/C16H12ClN3O/c1-21-13-4-2-3-11(9-13)16-14(5-7-18)20-8-6-12(17)10-15(20)19-16/h2-4,6,8-10H,5H2,1H3. The number of methoxy groups -OCH3 is 1. The summed E-state index contributed by atoms with van der Waals surface area (Å²) in [5, 5.41) is 9.70. The zero-order chi connectivity index (χ0) is 14.8. The first-order valence-corrected chi connectivity index (χ1v) is 6.78. The molecule has 2 aromatic heterocycles. The number of aromatic nitrogens is 2. The topological polar surface area (TPSA) is 50.3 Å². The number of rotatable bonds is 3. The number of fused-ring (bicyclic) bond motifs is 1. The second-order valence-corrected chi connectivity index (χ2v) is 4.98. The molecule has 5 heteroatoms. The van der Waals surface area contributed by atoms with Crippen LogP contribution in [0.4, 0.5) is 0 Å². The lowest BCUT2D eigenvalue weighted by Gasteiger charge is -2.04. The van der Waals surface area contributed by atoms with Crippen LogP contribution in [0.3, 0.4) is 0 Å². The van der Waals surface area contributed by atoms with Gasteiger partial charge in [0.2, 0.25) is 0 Å². The number of hydrogen-bond donors (Lipinski definition) is 0. The summed E-state index contributed by atoms with van der Waals surface area (Å²) in [5.74, 6) is 0.755. The van der Waals surface area contributed by atoms with Crippen LogP contribution in [0, 0.1) is 11.3 Å². The fourth-order valence-electron chi connectivity index (χ4n) is 2.32. The van der Waals surface area contributed by atoms with Crippen LogP contribution in [0.1, 0.15) is 5.69 Å². The largest absolute Gasteiger partial charge is 0.497 e. The van der Waals surface area contributed by atoms with Crippen molar-refractivity contribution in [1.29, 1.82) is 5.26 Å². The van der Waals surface area contributed by atoms with Crippen LogP contribution >= 0.6 is 11.6 Å². The third-order valence-electron chi connectivity index (χ3n) is 3.28. The minimum absolute atomic E-state index is 0.273. The summed E-state index contributed by atoms with van der Waals surface area (Å²) in [4.78, 5) is 4.61. The monoisotopic (exact) mass is 297 g/mol. The van der Waals surface area contributed by atoms with Crippen LogP contribution in [0.5, 0.6) is 5.75 Å². The summed E-state index contributed by atoms with van der Waals surface area (Å²) in [6.45, 7) is 0. The Morgan fingerprint density at radius 1 is 1.33 bits per heavy atom. The van der Waals surface area contributed by atoms with Crippen molar-refractivity contribution in [2.24, 2.45) is 0 Å². The number of halogens is 1. The molecule has 4 nitrogen and oxygen atoms in total. The number of imidazole rings is 1. The van der Waals surface area contributed by atoms with Crippen molar-refractivity contribution in [3.8, 4) is 23.1 Å². The van der Waals surface area contributed by atoms with Gasteiger partial charge in [0.25, 0.3) is 0 Å². The summed E-state index contributed by atoms with van der Waals surface area (Å²) >= 11 is 6.01. The highest BCUT2D eigenvalue weighted by molar-refractivity contribution is 6.30. The molecule has 0 aliphatic carbocycles. The van der Waals surface area contributed by atoms with Crippen molar-refractivity contribution < 1.29 is 4.74 Å². The van der Waals surface area contributed by atoms with E-state index in [1.807, 2.05) is 34.9 Å². The first-order chi connectivity index (χ1) is 10.2. The smallest absolute Gasteiger partial charge is 0.139 e. The Balaban J connectivity index is 2.25. The van der Waals surface area contributed by atoms with Gasteiger partial charge in [-0.3, -0.25) is 0 Å². The number of hydrogen-bond acceptors (Lipinski definition) is 3. The lowest BCUT2D eigenvalue weighted by molar-refractivity contribution is 0.415. The van der Waals surface area contributed by atoms with Crippen LogP contribution < -0.4 is 4.74 Å².